The van der Waals surface area contributed by atoms with Gasteiger partial charge in [-0.05, 0) is 42.3 Å². The summed E-state index contributed by atoms with van der Waals surface area (Å²) in [5.74, 6) is 0.775. The number of fused-ring (bicyclic) bond motifs is 1. The quantitative estimate of drug-likeness (QED) is 0.725. The number of hydrogen-bond donors (Lipinski definition) is 0. The van der Waals surface area contributed by atoms with Crippen LogP contribution in [0.3, 0.4) is 0 Å². The molecule has 0 saturated heterocycles. The minimum absolute atomic E-state index is 0.466. The SMILES string of the molecule is Cc1cc(C#N)ccc1COc1cccc2cccnc12. The fourth-order valence-corrected chi connectivity index (χ4v) is 2.28. The van der Waals surface area contributed by atoms with E-state index in [9.17, 15) is 0 Å². The normalized spacial score (nSPS) is 10.3. The molecule has 0 aliphatic carbocycles. The Bertz CT molecular complexity index is 829. The zero-order chi connectivity index (χ0) is 14.7. The molecular weight excluding hydrogens is 260 g/mol. The van der Waals surface area contributed by atoms with Gasteiger partial charge in [-0.3, -0.25) is 4.98 Å². The molecule has 0 fully saturated rings. The Balaban J connectivity index is 1.86. The molecule has 102 valence electrons. The Morgan fingerprint density at radius 1 is 1.14 bits per heavy atom. The van der Waals surface area contributed by atoms with Crippen LogP contribution in [-0.2, 0) is 6.61 Å². The highest BCUT2D eigenvalue weighted by Gasteiger charge is 2.05. The second-order valence-electron chi connectivity index (χ2n) is 4.87. The lowest BCUT2D eigenvalue weighted by Gasteiger charge is -2.10. The molecule has 0 unspecified atom stereocenters. The largest absolute Gasteiger partial charge is 0.487 e. The summed E-state index contributed by atoms with van der Waals surface area (Å²) in [6, 6.07) is 17.6. The maximum atomic E-state index is 8.89. The molecule has 2 aromatic carbocycles. The lowest BCUT2D eigenvalue weighted by molar-refractivity contribution is 0.308. The van der Waals surface area contributed by atoms with Gasteiger partial charge in [-0.15, -0.1) is 0 Å². The fraction of sp³-hybridized carbons (Fsp3) is 0.111. The average Bonchev–Trinajstić information content (AvgIpc) is 2.53. The van der Waals surface area contributed by atoms with Gasteiger partial charge in [-0.2, -0.15) is 5.26 Å². The predicted octanol–water partition coefficient (Wildman–Crippen LogP) is 3.99. The molecular formula is C18H14N2O. The molecule has 3 rings (SSSR count). The number of para-hydroxylation sites is 1. The zero-order valence-corrected chi connectivity index (χ0v) is 11.7. The molecule has 3 aromatic rings. The first kappa shape index (κ1) is 13.1. The predicted molar refractivity (Wildman–Crippen MR) is 82.0 cm³/mol. The van der Waals surface area contributed by atoms with Crippen LogP contribution in [-0.4, -0.2) is 4.98 Å². The summed E-state index contributed by atoms with van der Waals surface area (Å²) in [5, 5.41) is 9.95. The van der Waals surface area contributed by atoms with Crippen molar-refractivity contribution >= 4 is 10.9 Å². The topological polar surface area (TPSA) is 45.9 Å². The summed E-state index contributed by atoms with van der Waals surface area (Å²) >= 11 is 0. The standard InChI is InChI=1S/C18H14N2O/c1-13-10-14(11-19)7-8-16(13)12-21-17-6-2-4-15-5-3-9-20-18(15)17/h2-10H,12H2,1H3. The van der Waals surface area contributed by atoms with Crippen molar-refractivity contribution < 1.29 is 4.74 Å². The number of aromatic nitrogens is 1. The molecule has 0 bridgehead atoms. The van der Waals surface area contributed by atoms with E-state index in [1.165, 1.54) is 0 Å². The first-order chi connectivity index (χ1) is 10.3. The number of nitriles is 1. The van der Waals surface area contributed by atoms with Crippen molar-refractivity contribution in [2.24, 2.45) is 0 Å². The second kappa shape index (κ2) is 5.64. The number of benzene rings is 2. The van der Waals surface area contributed by atoms with Crippen LogP contribution in [0.1, 0.15) is 16.7 Å². The molecule has 0 radical (unpaired) electrons. The molecule has 3 heteroatoms. The number of rotatable bonds is 3. The lowest BCUT2D eigenvalue weighted by Crippen LogP contribution is -1.99. The first-order valence-corrected chi connectivity index (χ1v) is 6.74. The Morgan fingerprint density at radius 2 is 2.00 bits per heavy atom. The Labute approximate surface area is 123 Å². The molecule has 0 spiro atoms. The van der Waals surface area contributed by atoms with Gasteiger partial charge in [0.15, 0.2) is 0 Å². The Kier molecular flexibility index (Phi) is 3.53. The van der Waals surface area contributed by atoms with Crippen molar-refractivity contribution in [1.82, 2.24) is 4.98 Å². The highest BCUT2D eigenvalue weighted by molar-refractivity contribution is 5.84. The van der Waals surface area contributed by atoms with Gasteiger partial charge < -0.3 is 4.74 Å². The van der Waals surface area contributed by atoms with Crippen LogP contribution < -0.4 is 4.74 Å². The molecule has 0 aliphatic heterocycles. The van der Waals surface area contributed by atoms with E-state index in [0.717, 1.165) is 27.8 Å². The highest BCUT2D eigenvalue weighted by Crippen LogP contribution is 2.24. The Hall–Kier alpha value is -2.86. The van der Waals surface area contributed by atoms with Gasteiger partial charge in [0.25, 0.3) is 0 Å². The number of nitrogens with zero attached hydrogens (tertiary/aromatic N) is 2. The lowest BCUT2D eigenvalue weighted by atomic mass is 10.1. The van der Waals surface area contributed by atoms with E-state index in [4.69, 9.17) is 10.00 Å². The minimum atomic E-state index is 0.466. The molecule has 0 N–H and O–H groups in total. The van der Waals surface area contributed by atoms with Gasteiger partial charge in [0, 0.05) is 11.6 Å². The molecule has 0 amide bonds. The molecule has 1 heterocycles. The van der Waals surface area contributed by atoms with E-state index >= 15 is 0 Å². The van der Waals surface area contributed by atoms with Crippen LogP contribution in [0.15, 0.2) is 54.7 Å². The summed E-state index contributed by atoms with van der Waals surface area (Å²) in [6.45, 7) is 2.45. The number of ether oxygens (including phenoxy) is 1. The van der Waals surface area contributed by atoms with Gasteiger partial charge in [-0.1, -0.05) is 24.3 Å². The monoisotopic (exact) mass is 274 g/mol. The van der Waals surface area contributed by atoms with Crippen LogP contribution in [0.2, 0.25) is 0 Å². The highest BCUT2D eigenvalue weighted by atomic mass is 16.5. The minimum Gasteiger partial charge on any atom is -0.487 e. The van der Waals surface area contributed by atoms with Crippen molar-refractivity contribution in [2.45, 2.75) is 13.5 Å². The van der Waals surface area contributed by atoms with Crippen LogP contribution in [0.4, 0.5) is 0 Å². The van der Waals surface area contributed by atoms with Crippen molar-refractivity contribution in [2.75, 3.05) is 0 Å². The Morgan fingerprint density at radius 3 is 2.81 bits per heavy atom. The van der Waals surface area contributed by atoms with Crippen LogP contribution in [0.25, 0.3) is 10.9 Å². The third-order valence-corrected chi connectivity index (χ3v) is 3.45. The molecule has 0 atom stereocenters. The van der Waals surface area contributed by atoms with E-state index in [1.54, 1.807) is 6.20 Å². The number of aryl methyl sites for hydroxylation is 1. The maximum Gasteiger partial charge on any atom is 0.146 e. The third-order valence-electron chi connectivity index (χ3n) is 3.45. The van der Waals surface area contributed by atoms with E-state index < -0.39 is 0 Å². The number of pyridine rings is 1. The average molecular weight is 274 g/mol. The van der Waals surface area contributed by atoms with E-state index in [2.05, 4.69) is 11.1 Å². The summed E-state index contributed by atoms with van der Waals surface area (Å²) in [7, 11) is 0. The second-order valence-corrected chi connectivity index (χ2v) is 4.87. The van der Waals surface area contributed by atoms with Crippen molar-refractivity contribution in [3.8, 4) is 11.8 Å². The third kappa shape index (κ3) is 2.70. The molecule has 1 aromatic heterocycles. The molecule has 0 aliphatic rings. The van der Waals surface area contributed by atoms with Crippen molar-refractivity contribution in [1.29, 1.82) is 5.26 Å². The van der Waals surface area contributed by atoms with Gasteiger partial charge in [-0.25, -0.2) is 0 Å². The summed E-state index contributed by atoms with van der Waals surface area (Å²) in [4.78, 5) is 4.38. The number of hydrogen-bond acceptors (Lipinski definition) is 3. The van der Waals surface area contributed by atoms with E-state index in [1.807, 2.05) is 55.5 Å². The van der Waals surface area contributed by atoms with Gasteiger partial charge in [0.05, 0.1) is 11.6 Å². The molecule has 3 nitrogen and oxygen atoms in total. The smallest absolute Gasteiger partial charge is 0.146 e. The van der Waals surface area contributed by atoms with Crippen LogP contribution in [0, 0.1) is 18.3 Å². The van der Waals surface area contributed by atoms with Crippen molar-refractivity contribution in [3.63, 3.8) is 0 Å². The van der Waals surface area contributed by atoms with Crippen LogP contribution >= 0.6 is 0 Å². The van der Waals surface area contributed by atoms with Gasteiger partial charge in [0.2, 0.25) is 0 Å². The van der Waals surface area contributed by atoms with Crippen molar-refractivity contribution in [3.05, 3.63) is 71.4 Å². The maximum absolute atomic E-state index is 8.89. The first-order valence-electron chi connectivity index (χ1n) is 6.74. The van der Waals surface area contributed by atoms with Gasteiger partial charge in [0.1, 0.15) is 17.9 Å². The fourth-order valence-electron chi connectivity index (χ4n) is 2.28. The van der Waals surface area contributed by atoms with E-state index in [-0.39, 0.29) is 0 Å². The summed E-state index contributed by atoms with van der Waals surface area (Å²) in [6.07, 6.45) is 1.77. The zero-order valence-electron chi connectivity index (χ0n) is 11.7. The van der Waals surface area contributed by atoms with E-state index in [0.29, 0.717) is 12.2 Å². The molecule has 21 heavy (non-hydrogen) atoms. The summed E-state index contributed by atoms with van der Waals surface area (Å²) in [5.41, 5.74) is 3.67. The van der Waals surface area contributed by atoms with Crippen LogP contribution in [0.5, 0.6) is 5.75 Å². The molecule has 0 saturated carbocycles. The van der Waals surface area contributed by atoms with Gasteiger partial charge >= 0.3 is 0 Å². The summed E-state index contributed by atoms with van der Waals surface area (Å²) < 4.78 is 5.91.